The molecule has 226 valence electrons. The van der Waals surface area contributed by atoms with E-state index in [1.165, 1.54) is 4.90 Å². The van der Waals surface area contributed by atoms with Crippen molar-refractivity contribution in [2.45, 2.75) is 80.7 Å². The zero-order chi connectivity index (χ0) is 30.4. The molecule has 0 bridgehead atoms. The van der Waals surface area contributed by atoms with Gasteiger partial charge in [0.05, 0.1) is 17.3 Å². The van der Waals surface area contributed by atoms with Gasteiger partial charge in [0.1, 0.15) is 23.4 Å². The van der Waals surface area contributed by atoms with Crippen LogP contribution in [0.25, 0.3) is 10.9 Å². The predicted molar refractivity (Wildman–Crippen MR) is 161 cm³/mol. The molecule has 0 spiro atoms. The maximum atomic E-state index is 13.8. The quantitative estimate of drug-likeness (QED) is 0.307. The van der Waals surface area contributed by atoms with Gasteiger partial charge >= 0.3 is 0 Å². The smallest absolute Gasteiger partial charge is 0.259 e. The van der Waals surface area contributed by atoms with Gasteiger partial charge in [0, 0.05) is 35.2 Å². The summed E-state index contributed by atoms with van der Waals surface area (Å²) in [5, 5.41) is 3.08. The van der Waals surface area contributed by atoms with E-state index in [2.05, 4.69) is 21.6 Å². The molecule has 1 aliphatic heterocycles. The number of pyridine rings is 1. The van der Waals surface area contributed by atoms with Crippen molar-refractivity contribution in [3.63, 3.8) is 0 Å². The Morgan fingerprint density at radius 2 is 1.98 bits per heavy atom. The first-order valence-electron chi connectivity index (χ1n) is 14.2. The zero-order valence-electron chi connectivity index (χ0n) is 24.4. The number of nitrogens with zero attached hydrogens (tertiary/aromatic N) is 2. The van der Waals surface area contributed by atoms with Crippen LogP contribution in [0.15, 0.2) is 48.0 Å². The number of fused-ring (bicyclic) bond motifs is 1. The van der Waals surface area contributed by atoms with Crippen LogP contribution >= 0.6 is 11.8 Å². The van der Waals surface area contributed by atoms with Crippen LogP contribution < -0.4 is 14.8 Å². The number of para-hydroxylation sites is 1. The summed E-state index contributed by atoms with van der Waals surface area (Å²) in [6.07, 6.45) is 6.40. The molecule has 1 unspecified atom stereocenters. The minimum Gasteiger partial charge on any atom is -0.488 e. The van der Waals surface area contributed by atoms with Gasteiger partial charge in [0.25, 0.3) is 5.91 Å². The summed E-state index contributed by atoms with van der Waals surface area (Å²) in [5.74, 6) is -1.28. The molecule has 1 aromatic heterocycles. The van der Waals surface area contributed by atoms with Crippen LogP contribution in [0.1, 0.15) is 52.9 Å². The number of sulfonamides is 1. The first kappa shape index (κ1) is 30.3. The Hall–Kier alpha value is -3.12. The van der Waals surface area contributed by atoms with Crippen molar-refractivity contribution in [1.82, 2.24) is 19.9 Å². The topological polar surface area (TPSA) is 135 Å². The molecule has 12 heteroatoms. The fraction of sp³-hybridized carbons (Fsp3) is 0.533. The van der Waals surface area contributed by atoms with Crippen LogP contribution in [0.4, 0.5) is 0 Å². The summed E-state index contributed by atoms with van der Waals surface area (Å²) >= 11 is 1.59. The number of thioether (sulfide) groups is 1. The van der Waals surface area contributed by atoms with Crippen molar-refractivity contribution in [2.75, 3.05) is 12.8 Å². The molecule has 3 aliphatic rings. The second kappa shape index (κ2) is 11.2. The van der Waals surface area contributed by atoms with E-state index in [1.54, 1.807) is 30.1 Å². The molecule has 42 heavy (non-hydrogen) atoms. The summed E-state index contributed by atoms with van der Waals surface area (Å²) in [6, 6.07) is 6.74. The highest BCUT2D eigenvalue weighted by molar-refractivity contribution is 7.98. The number of rotatable bonds is 10. The molecular weight excluding hydrogens is 576 g/mol. The van der Waals surface area contributed by atoms with Crippen LogP contribution in [0, 0.1) is 11.3 Å². The molecule has 1 saturated heterocycles. The normalized spacial score (nSPS) is 25.6. The first-order chi connectivity index (χ1) is 19.8. The molecule has 3 amide bonds. The molecule has 2 aromatic rings. The van der Waals surface area contributed by atoms with Gasteiger partial charge in [0.2, 0.25) is 21.8 Å². The third-order valence-electron chi connectivity index (χ3n) is 8.02. The number of amides is 3. The molecule has 2 heterocycles. The monoisotopic (exact) mass is 614 g/mol. The van der Waals surface area contributed by atoms with Crippen molar-refractivity contribution in [3.8, 4) is 5.75 Å². The summed E-state index contributed by atoms with van der Waals surface area (Å²) in [5.41, 5.74) is -0.919. The lowest BCUT2D eigenvalue weighted by atomic mass is 9.91. The van der Waals surface area contributed by atoms with Gasteiger partial charge in [0.15, 0.2) is 0 Å². The SMILES string of the molecule is C=CC1C[C@]1(NC(=O)[C@@H]1C[C@@H](Oc2ccnc3c(SC)cccc23)CN1C(=O)CC(C)(C)C)C(=O)NS(=O)(=O)C1CC1. The lowest BCUT2D eigenvalue weighted by Crippen LogP contribution is -2.56. The lowest BCUT2D eigenvalue weighted by molar-refractivity contribution is -0.141. The highest BCUT2D eigenvalue weighted by atomic mass is 32.2. The van der Waals surface area contributed by atoms with E-state index in [-0.39, 0.29) is 37.1 Å². The average molecular weight is 615 g/mol. The van der Waals surface area contributed by atoms with E-state index < -0.39 is 50.7 Å². The Morgan fingerprint density at radius 1 is 1.24 bits per heavy atom. The standard InChI is InChI=1S/C30H38N4O6S2/c1-6-18-15-30(18,28(37)33-42(38,39)20-10-11-20)32-27(36)22-14-19(17-34(22)25(35)16-29(2,3)4)40-23-12-13-31-26-21(23)8-7-9-24(26)41-5/h6-9,12-13,18-20,22H,1,10-11,14-17H2,2-5H3,(H,32,36)(H,33,37)/t18?,19-,22+,30-/m1/s1. The number of benzene rings is 1. The third kappa shape index (κ3) is 6.15. The van der Waals surface area contributed by atoms with Gasteiger partial charge in [-0.1, -0.05) is 32.9 Å². The van der Waals surface area contributed by atoms with E-state index in [9.17, 15) is 22.8 Å². The number of nitrogens with one attached hydrogen (secondary N) is 2. The molecule has 2 saturated carbocycles. The number of hydrogen-bond acceptors (Lipinski definition) is 8. The van der Waals surface area contributed by atoms with Crippen LogP contribution in [-0.4, -0.2) is 71.8 Å². The van der Waals surface area contributed by atoms with Crippen molar-refractivity contribution in [2.24, 2.45) is 11.3 Å². The molecule has 3 fully saturated rings. The maximum Gasteiger partial charge on any atom is 0.259 e. The zero-order valence-corrected chi connectivity index (χ0v) is 26.0. The largest absolute Gasteiger partial charge is 0.488 e. The van der Waals surface area contributed by atoms with E-state index in [0.717, 1.165) is 15.8 Å². The van der Waals surface area contributed by atoms with E-state index in [0.29, 0.717) is 18.6 Å². The minimum absolute atomic E-state index is 0.191. The Morgan fingerprint density at radius 3 is 2.60 bits per heavy atom. The molecule has 5 rings (SSSR count). The molecule has 4 atom stereocenters. The first-order valence-corrected chi connectivity index (χ1v) is 16.9. The van der Waals surface area contributed by atoms with Crippen LogP contribution in [0.3, 0.4) is 0 Å². The molecule has 10 nitrogen and oxygen atoms in total. The van der Waals surface area contributed by atoms with Crippen molar-refractivity contribution >= 4 is 50.4 Å². The lowest BCUT2D eigenvalue weighted by Gasteiger charge is -2.28. The van der Waals surface area contributed by atoms with E-state index >= 15 is 0 Å². The van der Waals surface area contributed by atoms with Crippen LogP contribution in [0.5, 0.6) is 5.75 Å². The van der Waals surface area contributed by atoms with Crippen molar-refractivity contribution in [1.29, 1.82) is 0 Å². The van der Waals surface area contributed by atoms with Gasteiger partial charge in [-0.3, -0.25) is 24.1 Å². The van der Waals surface area contributed by atoms with Crippen molar-refractivity contribution < 1.29 is 27.5 Å². The second-order valence-electron chi connectivity index (χ2n) is 12.6. The Balaban J connectivity index is 1.38. The van der Waals surface area contributed by atoms with E-state index in [4.69, 9.17) is 4.74 Å². The van der Waals surface area contributed by atoms with Gasteiger partial charge < -0.3 is 15.0 Å². The molecule has 2 aliphatic carbocycles. The molecule has 0 radical (unpaired) electrons. The highest BCUT2D eigenvalue weighted by Crippen LogP contribution is 2.45. The maximum absolute atomic E-state index is 13.8. The summed E-state index contributed by atoms with van der Waals surface area (Å²) in [4.78, 5) is 47.6. The number of carbonyl (C=O) groups excluding carboxylic acids is 3. The summed E-state index contributed by atoms with van der Waals surface area (Å²) < 4.78 is 33.6. The molecule has 2 N–H and O–H groups in total. The Kier molecular flexibility index (Phi) is 8.08. The summed E-state index contributed by atoms with van der Waals surface area (Å²) in [7, 11) is -3.80. The molecule has 1 aromatic carbocycles. The average Bonchev–Trinajstić information content (AvgIpc) is 3.84. The van der Waals surface area contributed by atoms with Crippen molar-refractivity contribution in [3.05, 3.63) is 43.1 Å². The van der Waals surface area contributed by atoms with Gasteiger partial charge in [-0.05, 0) is 49.1 Å². The summed E-state index contributed by atoms with van der Waals surface area (Å²) in [6.45, 7) is 9.81. The fourth-order valence-electron chi connectivity index (χ4n) is 5.55. The fourth-order valence-corrected chi connectivity index (χ4v) is 7.49. The van der Waals surface area contributed by atoms with Gasteiger partial charge in [-0.25, -0.2) is 8.42 Å². The number of carbonyl (C=O) groups is 3. The number of likely N-dealkylation sites (tertiary alicyclic amines) is 1. The third-order valence-corrected chi connectivity index (χ3v) is 10.6. The van der Waals surface area contributed by atoms with Gasteiger partial charge in [-0.2, -0.15) is 0 Å². The van der Waals surface area contributed by atoms with E-state index in [1.807, 2.05) is 45.2 Å². The highest BCUT2D eigenvalue weighted by Gasteiger charge is 2.62. The predicted octanol–water partition coefficient (Wildman–Crippen LogP) is 3.41. The second-order valence-corrected chi connectivity index (χ2v) is 15.4. The van der Waals surface area contributed by atoms with Crippen LogP contribution in [-0.2, 0) is 24.4 Å². The minimum atomic E-state index is -3.80. The molecular formula is C30H38N4O6S2. The Labute approximate surface area is 251 Å². The Bertz CT molecular complexity index is 1530. The van der Waals surface area contributed by atoms with Gasteiger partial charge in [-0.15, -0.1) is 18.3 Å². The number of hydrogen-bond donors (Lipinski definition) is 2. The number of ether oxygens (including phenoxy) is 1. The van der Waals surface area contributed by atoms with Crippen LogP contribution in [0.2, 0.25) is 0 Å². The number of aromatic nitrogens is 1.